The van der Waals surface area contributed by atoms with Crippen LogP contribution in [0.1, 0.15) is 41.6 Å². The summed E-state index contributed by atoms with van der Waals surface area (Å²) in [7, 11) is 0. The van der Waals surface area contributed by atoms with Gasteiger partial charge in [-0.1, -0.05) is 22.4 Å². The number of unbranched alkanes of at least 4 members (excludes halogenated alkanes) is 2. The molecular formula is C13H16BrFO. The van der Waals surface area contributed by atoms with E-state index in [2.05, 4.69) is 15.9 Å². The van der Waals surface area contributed by atoms with E-state index in [0.717, 1.165) is 30.2 Å². The Bertz CT molecular complexity index is 343. The van der Waals surface area contributed by atoms with Gasteiger partial charge in [-0.25, -0.2) is 4.39 Å². The summed E-state index contributed by atoms with van der Waals surface area (Å²) in [6.07, 6.45) is 3.50. The topological polar surface area (TPSA) is 17.1 Å². The number of hydrogen-bond acceptors (Lipinski definition) is 1. The molecule has 0 amide bonds. The van der Waals surface area contributed by atoms with E-state index in [4.69, 9.17) is 0 Å². The Hall–Kier alpha value is -0.700. The fourth-order valence-corrected chi connectivity index (χ4v) is 1.99. The van der Waals surface area contributed by atoms with Crippen molar-refractivity contribution in [2.24, 2.45) is 0 Å². The minimum Gasteiger partial charge on any atom is -0.294 e. The van der Waals surface area contributed by atoms with Crippen LogP contribution in [-0.4, -0.2) is 11.1 Å². The molecule has 0 aliphatic heterocycles. The van der Waals surface area contributed by atoms with Crippen molar-refractivity contribution >= 4 is 21.7 Å². The summed E-state index contributed by atoms with van der Waals surface area (Å²) in [4.78, 5) is 11.7. The summed E-state index contributed by atoms with van der Waals surface area (Å²) in [5.74, 6) is -0.291. The molecule has 0 fully saturated rings. The average molecular weight is 287 g/mol. The van der Waals surface area contributed by atoms with Crippen LogP contribution in [-0.2, 0) is 0 Å². The molecule has 0 N–H and O–H groups in total. The van der Waals surface area contributed by atoms with Crippen molar-refractivity contribution in [2.45, 2.75) is 32.6 Å². The largest absolute Gasteiger partial charge is 0.294 e. The number of alkyl halides is 1. The van der Waals surface area contributed by atoms with Crippen molar-refractivity contribution in [3.05, 3.63) is 35.1 Å². The normalized spacial score (nSPS) is 10.4. The first-order valence-corrected chi connectivity index (χ1v) is 6.62. The highest BCUT2D eigenvalue weighted by molar-refractivity contribution is 9.09. The van der Waals surface area contributed by atoms with Gasteiger partial charge in [-0.15, -0.1) is 0 Å². The highest BCUT2D eigenvalue weighted by atomic mass is 79.9. The van der Waals surface area contributed by atoms with Gasteiger partial charge in [0, 0.05) is 17.3 Å². The van der Waals surface area contributed by atoms with Crippen molar-refractivity contribution in [1.82, 2.24) is 0 Å². The summed E-state index contributed by atoms with van der Waals surface area (Å²) in [6.45, 7) is 1.80. The minimum atomic E-state index is -0.330. The Kier molecular flexibility index (Phi) is 5.67. The second-order valence-corrected chi connectivity index (χ2v) is 4.73. The molecule has 0 heterocycles. The molecule has 0 saturated heterocycles. The van der Waals surface area contributed by atoms with Crippen LogP contribution in [0.4, 0.5) is 4.39 Å². The maximum Gasteiger partial charge on any atom is 0.162 e. The van der Waals surface area contributed by atoms with Crippen LogP contribution in [0.25, 0.3) is 0 Å². The third kappa shape index (κ3) is 4.44. The molecule has 0 bridgehead atoms. The molecule has 1 aromatic rings. The summed E-state index contributed by atoms with van der Waals surface area (Å²) in [5.41, 5.74) is 1.29. The second kappa shape index (κ2) is 6.79. The Labute approximate surface area is 104 Å². The molecular weight excluding hydrogens is 271 g/mol. The fourth-order valence-electron chi connectivity index (χ4n) is 1.60. The van der Waals surface area contributed by atoms with Gasteiger partial charge in [0.2, 0.25) is 0 Å². The minimum absolute atomic E-state index is 0.0390. The zero-order valence-electron chi connectivity index (χ0n) is 9.43. The molecule has 0 saturated carbocycles. The van der Waals surface area contributed by atoms with E-state index < -0.39 is 0 Å². The van der Waals surface area contributed by atoms with Crippen LogP contribution in [0, 0.1) is 12.7 Å². The number of carbonyl (C=O) groups is 1. The van der Waals surface area contributed by atoms with Gasteiger partial charge in [-0.3, -0.25) is 4.79 Å². The fraction of sp³-hybridized carbons (Fsp3) is 0.462. The van der Waals surface area contributed by atoms with Gasteiger partial charge < -0.3 is 0 Å². The van der Waals surface area contributed by atoms with Gasteiger partial charge in [0.1, 0.15) is 5.82 Å². The number of aryl methyl sites for hydroxylation is 1. The van der Waals surface area contributed by atoms with Crippen molar-refractivity contribution < 1.29 is 9.18 Å². The predicted molar refractivity (Wildman–Crippen MR) is 67.7 cm³/mol. The highest BCUT2D eigenvalue weighted by Gasteiger charge is 2.07. The quantitative estimate of drug-likeness (QED) is 0.434. The van der Waals surface area contributed by atoms with Gasteiger partial charge in [0.25, 0.3) is 0 Å². The van der Waals surface area contributed by atoms with E-state index in [-0.39, 0.29) is 11.6 Å². The van der Waals surface area contributed by atoms with E-state index in [0.29, 0.717) is 12.0 Å². The third-order valence-corrected chi connectivity index (χ3v) is 2.96. The van der Waals surface area contributed by atoms with Crippen molar-refractivity contribution in [2.75, 3.05) is 5.33 Å². The number of carbonyl (C=O) groups excluding carboxylic acids is 1. The lowest BCUT2D eigenvalue weighted by Gasteiger charge is -2.02. The monoisotopic (exact) mass is 286 g/mol. The van der Waals surface area contributed by atoms with Crippen molar-refractivity contribution in [3.8, 4) is 0 Å². The lowest BCUT2D eigenvalue weighted by Crippen LogP contribution is -2.00. The molecule has 0 aromatic heterocycles. The summed E-state index contributed by atoms with van der Waals surface area (Å²) >= 11 is 3.35. The number of rotatable bonds is 6. The lowest BCUT2D eigenvalue weighted by atomic mass is 10.0. The van der Waals surface area contributed by atoms with Crippen LogP contribution >= 0.6 is 15.9 Å². The van der Waals surface area contributed by atoms with E-state index >= 15 is 0 Å². The van der Waals surface area contributed by atoms with Gasteiger partial charge in [0.05, 0.1) is 0 Å². The van der Waals surface area contributed by atoms with Gasteiger partial charge in [-0.05, 0) is 43.5 Å². The van der Waals surface area contributed by atoms with Crippen molar-refractivity contribution in [1.29, 1.82) is 0 Å². The van der Waals surface area contributed by atoms with Gasteiger partial charge >= 0.3 is 0 Å². The van der Waals surface area contributed by atoms with E-state index in [1.807, 2.05) is 0 Å². The molecule has 16 heavy (non-hydrogen) atoms. The summed E-state index contributed by atoms with van der Waals surface area (Å²) < 4.78 is 13.1. The maximum atomic E-state index is 13.1. The summed E-state index contributed by atoms with van der Waals surface area (Å²) in [6, 6.07) is 4.50. The first-order valence-electron chi connectivity index (χ1n) is 5.50. The first kappa shape index (κ1) is 13.4. The SMILES string of the molecule is Cc1cc(F)cc(C(=O)CCCCCBr)c1. The Balaban J connectivity index is 2.52. The first-order chi connectivity index (χ1) is 7.63. The van der Waals surface area contributed by atoms with Gasteiger partial charge in [-0.2, -0.15) is 0 Å². The van der Waals surface area contributed by atoms with Crippen LogP contribution in [0.2, 0.25) is 0 Å². The lowest BCUT2D eigenvalue weighted by molar-refractivity contribution is 0.0979. The average Bonchev–Trinajstić information content (AvgIpc) is 2.22. The zero-order chi connectivity index (χ0) is 12.0. The molecule has 88 valence electrons. The summed E-state index contributed by atoms with van der Waals surface area (Å²) in [5, 5.41) is 0.972. The molecule has 0 spiro atoms. The molecule has 0 unspecified atom stereocenters. The molecule has 0 aliphatic carbocycles. The Morgan fingerprint density at radius 3 is 2.62 bits per heavy atom. The molecule has 1 nitrogen and oxygen atoms in total. The Morgan fingerprint density at radius 1 is 1.25 bits per heavy atom. The Morgan fingerprint density at radius 2 is 2.00 bits per heavy atom. The number of halogens is 2. The third-order valence-electron chi connectivity index (χ3n) is 2.40. The zero-order valence-corrected chi connectivity index (χ0v) is 11.0. The van der Waals surface area contributed by atoms with E-state index in [9.17, 15) is 9.18 Å². The van der Waals surface area contributed by atoms with Crippen LogP contribution in [0.3, 0.4) is 0 Å². The van der Waals surface area contributed by atoms with E-state index in [1.165, 1.54) is 12.1 Å². The molecule has 3 heteroatoms. The molecule has 0 radical (unpaired) electrons. The molecule has 1 aromatic carbocycles. The number of hydrogen-bond donors (Lipinski definition) is 0. The smallest absolute Gasteiger partial charge is 0.162 e. The van der Waals surface area contributed by atoms with E-state index in [1.54, 1.807) is 13.0 Å². The number of benzene rings is 1. The molecule has 1 rings (SSSR count). The van der Waals surface area contributed by atoms with Crippen LogP contribution in [0.5, 0.6) is 0 Å². The number of Topliss-reactive ketones (excluding diaryl/α,β-unsaturated/α-hetero) is 1. The second-order valence-electron chi connectivity index (χ2n) is 3.94. The molecule has 0 aliphatic rings. The highest BCUT2D eigenvalue weighted by Crippen LogP contribution is 2.12. The standard InChI is InChI=1S/C13H16BrFO/c1-10-7-11(9-12(15)8-10)13(16)5-3-2-4-6-14/h7-9H,2-6H2,1H3. The van der Waals surface area contributed by atoms with Crippen LogP contribution < -0.4 is 0 Å². The molecule has 0 atom stereocenters. The maximum absolute atomic E-state index is 13.1. The number of ketones is 1. The van der Waals surface area contributed by atoms with Gasteiger partial charge in [0.15, 0.2) is 5.78 Å². The van der Waals surface area contributed by atoms with Crippen molar-refractivity contribution in [3.63, 3.8) is 0 Å². The van der Waals surface area contributed by atoms with Crippen LogP contribution in [0.15, 0.2) is 18.2 Å². The predicted octanol–water partition coefficient (Wildman–Crippen LogP) is 4.27.